The third-order valence-electron chi connectivity index (χ3n) is 3.14. The van der Waals surface area contributed by atoms with Gasteiger partial charge in [0, 0.05) is 18.2 Å². The Labute approximate surface area is 104 Å². The number of nitro groups is 1. The van der Waals surface area contributed by atoms with Crippen LogP contribution in [0.1, 0.15) is 24.4 Å². The first-order chi connectivity index (χ1) is 8.61. The fourth-order valence-electron chi connectivity index (χ4n) is 2.16. The molecule has 1 aromatic rings. The topological polar surface area (TPSA) is 81.5 Å². The van der Waals surface area contributed by atoms with E-state index in [1.165, 1.54) is 19.2 Å². The molecule has 1 aliphatic rings. The highest BCUT2D eigenvalue weighted by molar-refractivity contribution is 5.76. The van der Waals surface area contributed by atoms with Gasteiger partial charge in [-0.3, -0.25) is 20.2 Å². The highest BCUT2D eigenvalue weighted by Gasteiger charge is 2.30. The first kappa shape index (κ1) is 12.5. The SMILES string of the molecule is COC(=O)C1CCC(c2ccc([N+](=O)[O-])cc2)N1. The summed E-state index contributed by atoms with van der Waals surface area (Å²) in [4.78, 5) is 21.5. The zero-order valence-corrected chi connectivity index (χ0v) is 9.96. The Kier molecular flexibility index (Phi) is 3.57. The molecule has 96 valence electrons. The molecule has 18 heavy (non-hydrogen) atoms. The van der Waals surface area contributed by atoms with E-state index >= 15 is 0 Å². The minimum atomic E-state index is -0.427. The Bertz CT molecular complexity index is 458. The van der Waals surface area contributed by atoms with Crippen LogP contribution in [0, 0.1) is 10.1 Å². The minimum absolute atomic E-state index is 0.0508. The number of nitrogens with zero attached hydrogens (tertiary/aromatic N) is 1. The lowest BCUT2D eigenvalue weighted by Gasteiger charge is -2.12. The van der Waals surface area contributed by atoms with Crippen molar-refractivity contribution in [1.82, 2.24) is 5.32 Å². The molecule has 0 aliphatic carbocycles. The van der Waals surface area contributed by atoms with Crippen molar-refractivity contribution in [1.29, 1.82) is 0 Å². The molecular weight excluding hydrogens is 236 g/mol. The number of carbonyl (C=O) groups is 1. The normalized spacial score (nSPS) is 22.7. The van der Waals surface area contributed by atoms with E-state index < -0.39 is 4.92 Å². The number of non-ortho nitro benzene ring substituents is 1. The fourth-order valence-corrected chi connectivity index (χ4v) is 2.16. The number of hydrogen-bond acceptors (Lipinski definition) is 5. The number of esters is 1. The second-order valence-electron chi connectivity index (χ2n) is 4.22. The molecule has 1 aromatic carbocycles. The molecule has 1 aliphatic heterocycles. The number of rotatable bonds is 3. The van der Waals surface area contributed by atoms with Crippen molar-refractivity contribution in [2.75, 3.05) is 7.11 Å². The summed E-state index contributed by atoms with van der Waals surface area (Å²) in [6, 6.07) is 6.15. The van der Waals surface area contributed by atoms with Gasteiger partial charge in [-0.25, -0.2) is 0 Å². The van der Waals surface area contributed by atoms with Gasteiger partial charge in [0.15, 0.2) is 0 Å². The van der Waals surface area contributed by atoms with E-state index in [9.17, 15) is 14.9 Å². The van der Waals surface area contributed by atoms with E-state index in [-0.39, 0.29) is 23.7 Å². The van der Waals surface area contributed by atoms with Crippen LogP contribution < -0.4 is 5.32 Å². The lowest BCUT2D eigenvalue weighted by molar-refractivity contribution is -0.384. The second kappa shape index (κ2) is 5.14. The van der Waals surface area contributed by atoms with Crippen molar-refractivity contribution in [2.45, 2.75) is 24.9 Å². The molecular formula is C12H14N2O4. The molecule has 1 fully saturated rings. The van der Waals surface area contributed by atoms with Gasteiger partial charge in [-0.1, -0.05) is 12.1 Å². The lowest BCUT2D eigenvalue weighted by atomic mass is 10.1. The number of carbonyl (C=O) groups excluding carboxylic acids is 1. The van der Waals surface area contributed by atoms with Crippen LogP contribution >= 0.6 is 0 Å². The summed E-state index contributed by atoms with van der Waals surface area (Å²) in [6.45, 7) is 0. The monoisotopic (exact) mass is 250 g/mol. The van der Waals surface area contributed by atoms with Gasteiger partial charge in [0.2, 0.25) is 0 Å². The Morgan fingerprint density at radius 2 is 2.06 bits per heavy atom. The highest BCUT2D eigenvalue weighted by atomic mass is 16.6. The quantitative estimate of drug-likeness (QED) is 0.500. The maximum absolute atomic E-state index is 11.4. The van der Waals surface area contributed by atoms with Gasteiger partial charge in [-0.15, -0.1) is 0 Å². The Morgan fingerprint density at radius 3 is 2.61 bits per heavy atom. The summed E-state index contributed by atoms with van der Waals surface area (Å²) >= 11 is 0. The van der Waals surface area contributed by atoms with Crippen LogP contribution in [0.15, 0.2) is 24.3 Å². The number of ether oxygens (including phenoxy) is 1. The van der Waals surface area contributed by atoms with Gasteiger partial charge in [-0.05, 0) is 18.4 Å². The van der Waals surface area contributed by atoms with Crippen LogP contribution in [-0.2, 0) is 9.53 Å². The molecule has 1 N–H and O–H groups in total. The summed E-state index contributed by atoms with van der Waals surface area (Å²) in [5.74, 6) is -0.264. The molecule has 6 nitrogen and oxygen atoms in total. The highest BCUT2D eigenvalue weighted by Crippen LogP contribution is 2.28. The zero-order valence-electron chi connectivity index (χ0n) is 9.96. The van der Waals surface area contributed by atoms with Gasteiger partial charge in [0.25, 0.3) is 5.69 Å². The number of nitrogens with one attached hydrogen (secondary N) is 1. The Balaban J connectivity index is 2.05. The van der Waals surface area contributed by atoms with Crippen molar-refractivity contribution >= 4 is 11.7 Å². The summed E-state index contributed by atoms with van der Waals surface area (Å²) in [5, 5.41) is 13.7. The molecule has 2 atom stereocenters. The molecule has 0 bridgehead atoms. The number of methoxy groups -OCH3 is 1. The first-order valence-corrected chi connectivity index (χ1v) is 5.70. The second-order valence-corrected chi connectivity index (χ2v) is 4.22. The minimum Gasteiger partial charge on any atom is -0.468 e. The molecule has 1 heterocycles. The summed E-state index contributed by atoms with van der Waals surface area (Å²) in [5.41, 5.74) is 1.02. The molecule has 2 rings (SSSR count). The summed E-state index contributed by atoms with van der Waals surface area (Å²) in [7, 11) is 1.36. The van der Waals surface area contributed by atoms with Crippen molar-refractivity contribution in [3.8, 4) is 0 Å². The molecule has 1 saturated heterocycles. The summed E-state index contributed by atoms with van der Waals surface area (Å²) < 4.78 is 4.68. The fraction of sp³-hybridized carbons (Fsp3) is 0.417. The number of hydrogen-bond donors (Lipinski definition) is 1. The Hall–Kier alpha value is -1.95. The number of benzene rings is 1. The Morgan fingerprint density at radius 1 is 1.39 bits per heavy atom. The predicted octanol–water partition coefficient (Wildman–Crippen LogP) is 1.56. The molecule has 6 heteroatoms. The maximum atomic E-state index is 11.4. The molecule has 0 radical (unpaired) electrons. The van der Waals surface area contributed by atoms with E-state index in [0.717, 1.165) is 12.0 Å². The van der Waals surface area contributed by atoms with Gasteiger partial charge in [0.05, 0.1) is 12.0 Å². The smallest absolute Gasteiger partial charge is 0.322 e. The standard InChI is InChI=1S/C12H14N2O4/c1-18-12(15)11-7-6-10(13-11)8-2-4-9(5-3-8)14(16)17/h2-5,10-11,13H,6-7H2,1H3. The van der Waals surface area contributed by atoms with E-state index in [4.69, 9.17) is 0 Å². The van der Waals surface area contributed by atoms with Crippen molar-refractivity contribution in [3.63, 3.8) is 0 Å². The average molecular weight is 250 g/mol. The van der Waals surface area contributed by atoms with E-state index in [1.807, 2.05) is 0 Å². The lowest BCUT2D eigenvalue weighted by Crippen LogP contribution is -2.33. The van der Waals surface area contributed by atoms with Gasteiger partial charge >= 0.3 is 5.97 Å². The van der Waals surface area contributed by atoms with E-state index in [1.54, 1.807) is 12.1 Å². The van der Waals surface area contributed by atoms with Gasteiger partial charge in [-0.2, -0.15) is 0 Å². The average Bonchev–Trinajstić information content (AvgIpc) is 2.87. The summed E-state index contributed by atoms with van der Waals surface area (Å²) in [6.07, 6.45) is 1.53. The van der Waals surface area contributed by atoms with Crippen molar-refractivity contribution < 1.29 is 14.5 Å². The third-order valence-corrected chi connectivity index (χ3v) is 3.14. The van der Waals surface area contributed by atoms with Crippen molar-refractivity contribution in [2.24, 2.45) is 0 Å². The molecule has 2 unspecified atom stereocenters. The third kappa shape index (κ3) is 2.48. The van der Waals surface area contributed by atoms with Crippen LogP contribution in [0.25, 0.3) is 0 Å². The maximum Gasteiger partial charge on any atom is 0.322 e. The first-order valence-electron chi connectivity index (χ1n) is 5.70. The molecule has 0 spiro atoms. The molecule has 0 saturated carbocycles. The predicted molar refractivity (Wildman–Crippen MR) is 64.0 cm³/mol. The van der Waals surface area contributed by atoms with E-state index in [2.05, 4.69) is 10.1 Å². The zero-order chi connectivity index (χ0) is 13.1. The number of nitro benzene ring substituents is 1. The van der Waals surface area contributed by atoms with E-state index in [0.29, 0.717) is 6.42 Å². The molecule has 0 amide bonds. The van der Waals surface area contributed by atoms with Crippen LogP contribution in [0.3, 0.4) is 0 Å². The van der Waals surface area contributed by atoms with Crippen LogP contribution in [0.4, 0.5) is 5.69 Å². The van der Waals surface area contributed by atoms with Gasteiger partial charge in [0.1, 0.15) is 6.04 Å². The van der Waals surface area contributed by atoms with Gasteiger partial charge < -0.3 is 4.74 Å². The van der Waals surface area contributed by atoms with Crippen LogP contribution in [-0.4, -0.2) is 24.0 Å². The van der Waals surface area contributed by atoms with Crippen LogP contribution in [0.5, 0.6) is 0 Å². The van der Waals surface area contributed by atoms with Crippen molar-refractivity contribution in [3.05, 3.63) is 39.9 Å². The largest absolute Gasteiger partial charge is 0.468 e. The van der Waals surface area contributed by atoms with Crippen LogP contribution in [0.2, 0.25) is 0 Å². The molecule has 0 aromatic heterocycles.